The Bertz CT molecular complexity index is 990. The number of pyridine rings is 1. The summed E-state index contributed by atoms with van der Waals surface area (Å²) in [6, 6.07) is 3.61. The average Bonchev–Trinajstić information content (AvgIpc) is 3.13. The van der Waals surface area contributed by atoms with Gasteiger partial charge in [-0.05, 0) is 50.7 Å². The molecule has 2 aromatic rings. The van der Waals surface area contributed by atoms with Crippen molar-refractivity contribution in [1.82, 2.24) is 24.9 Å². The molecule has 2 aromatic heterocycles. The molecule has 1 fully saturated rings. The molecule has 1 amide bonds. The van der Waals surface area contributed by atoms with Crippen molar-refractivity contribution in [3.63, 3.8) is 0 Å². The van der Waals surface area contributed by atoms with Crippen molar-refractivity contribution in [1.29, 1.82) is 0 Å². The van der Waals surface area contributed by atoms with Crippen LogP contribution in [0.2, 0.25) is 0 Å². The van der Waals surface area contributed by atoms with E-state index in [1.54, 1.807) is 29.7 Å². The number of hydrogen-bond acceptors (Lipinski definition) is 7. The molecule has 0 aliphatic heterocycles. The number of hydrogen-bond donors (Lipinski definition) is 1. The van der Waals surface area contributed by atoms with Crippen LogP contribution in [-0.4, -0.2) is 61.7 Å². The third-order valence-electron chi connectivity index (χ3n) is 5.77. The van der Waals surface area contributed by atoms with Crippen LogP contribution in [0, 0.1) is 18.8 Å². The first-order valence-electron chi connectivity index (χ1n) is 11.3. The van der Waals surface area contributed by atoms with Crippen LogP contribution in [0.25, 0.3) is 11.4 Å². The number of nitrogens with zero attached hydrogens (tertiary/aromatic N) is 5. The maximum Gasteiger partial charge on any atom is 0.409 e. The number of aryl methyl sites for hydroxylation is 2. The van der Waals surface area contributed by atoms with E-state index in [2.05, 4.69) is 15.3 Å². The third-order valence-corrected chi connectivity index (χ3v) is 5.77. The van der Waals surface area contributed by atoms with E-state index in [9.17, 15) is 14.7 Å². The number of aromatic nitrogens is 4. The lowest BCUT2D eigenvalue weighted by molar-refractivity contribution is -0.143. The Morgan fingerprint density at radius 1 is 1.30 bits per heavy atom. The fourth-order valence-electron chi connectivity index (χ4n) is 4.06. The predicted octanol–water partition coefficient (Wildman–Crippen LogP) is 3.43. The lowest BCUT2D eigenvalue weighted by atomic mass is 9.87. The van der Waals surface area contributed by atoms with Crippen LogP contribution >= 0.6 is 0 Å². The number of amides is 1. The van der Waals surface area contributed by atoms with E-state index < -0.39 is 12.1 Å². The van der Waals surface area contributed by atoms with E-state index in [1.807, 2.05) is 26.8 Å². The Hall–Kier alpha value is -3.17. The zero-order chi connectivity index (χ0) is 24.1. The van der Waals surface area contributed by atoms with Crippen LogP contribution in [0.5, 0.6) is 5.75 Å². The standard InChI is InChI=1S/C23H33N5O5/c1-14(2)12-27(4)23(31)32-13-19-21(25-26-28(19)5)18-9-10-20(15(3)24-18)33-17-8-6-7-16(11-17)22(29)30/h9-10,14,16-17H,6-8,11-13H2,1-5H3,(H,29,30)/t16-,17-/m0/s1. The van der Waals surface area contributed by atoms with Crippen molar-refractivity contribution in [3.8, 4) is 17.1 Å². The van der Waals surface area contributed by atoms with Gasteiger partial charge in [-0.3, -0.25) is 4.79 Å². The molecular formula is C23H33N5O5. The highest BCUT2D eigenvalue weighted by Gasteiger charge is 2.28. The summed E-state index contributed by atoms with van der Waals surface area (Å²) >= 11 is 0. The summed E-state index contributed by atoms with van der Waals surface area (Å²) in [5.41, 5.74) is 2.45. The van der Waals surface area contributed by atoms with Crippen molar-refractivity contribution in [2.24, 2.45) is 18.9 Å². The fourth-order valence-corrected chi connectivity index (χ4v) is 4.06. The summed E-state index contributed by atoms with van der Waals surface area (Å²) in [7, 11) is 3.45. The van der Waals surface area contributed by atoms with Gasteiger partial charge in [0.1, 0.15) is 23.7 Å². The second kappa shape index (κ2) is 10.6. The van der Waals surface area contributed by atoms with E-state index in [4.69, 9.17) is 9.47 Å². The zero-order valence-corrected chi connectivity index (χ0v) is 19.9. The molecule has 10 nitrogen and oxygen atoms in total. The third kappa shape index (κ3) is 6.21. The highest BCUT2D eigenvalue weighted by molar-refractivity contribution is 5.70. The number of rotatable bonds is 8. The smallest absolute Gasteiger partial charge is 0.409 e. The van der Waals surface area contributed by atoms with Crippen LogP contribution in [0.1, 0.15) is 50.9 Å². The molecule has 1 aliphatic carbocycles. The van der Waals surface area contributed by atoms with Gasteiger partial charge in [-0.15, -0.1) is 5.10 Å². The molecule has 0 aromatic carbocycles. The molecule has 2 heterocycles. The molecule has 0 radical (unpaired) electrons. The SMILES string of the molecule is Cc1nc(-c2nnn(C)c2COC(=O)N(C)CC(C)C)ccc1O[C@H]1CCC[C@H](C(=O)O)C1. The topological polar surface area (TPSA) is 120 Å². The maximum atomic E-state index is 12.3. The van der Waals surface area contributed by atoms with Gasteiger partial charge in [-0.1, -0.05) is 19.1 Å². The lowest BCUT2D eigenvalue weighted by Gasteiger charge is -2.27. The summed E-state index contributed by atoms with van der Waals surface area (Å²) in [6.45, 7) is 6.54. The minimum absolute atomic E-state index is 0.0255. The fraction of sp³-hybridized carbons (Fsp3) is 0.609. The van der Waals surface area contributed by atoms with Gasteiger partial charge in [0.25, 0.3) is 0 Å². The van der Waals surface area contributed by atoms with E-state index in [0.29, 0.717) is 53.8 Å². The Morgan fingerprint density at radius 3 is 2.73 bits per heavy atom. The Kier molecular flexibility index (Phi) is 7.88. The molecule has 0 bridgehead atoms. The normalized spacial score (nSPS) is 18.2. The van der Waals surface area contributed by atoms with Gasteiger partial charge in [0.2, 0.25) is 0 Å². The second-order valence-corrected chi connectivity index (χ2v) is 9.06. The molecule has 33 heavy (non-hydrogen) atoms. The van der Waals surface area contributed by atoms with E-state index >= 15 is 0 Å². The molecule has 1 aliphatic rings. The van der Waals surface area contributed by atoms with Crippen molar-refractivity contribution >= 4 is 12.1 Å². The highest BCUT2D eigenvalue weighted by atomic mass is 16.6. The molecule has 0 spiro atoms. The minimum atomic E-state index is -0.764. The molecular weight excluding hydrogens is 426 g/mol. The molecule has 1 N–H and O–H groups in total. The van der Waals surface area contributed by atoms with Gasteiger partial charge >= 0.3 is 12.1 Å². The van der Waals surface area contributed by atoms with Crippen LogP contribution in [0.4, 0.5) is 4.79 Å². The highest BCUT2D eigenvalue weighted by Crippen LogP contribution is 2.30. The largest absolute Gasteiger partial charge is 0.489 e. The summed E-state index contributed by atoms with van der Waals surface area (Å²) < 4.78 is 13.1. The number of carboxylic acid groups (broad SMARTS) is 1. The summed E-state index contributed by atoms with van der Waals surface area (Å²) in [5, 5.41) is 17.6. The summed E-state index contributed by atoms with van der Waals surface area (Å²) in [5.74, 6) is -0.157. The van der Waals surface area contributed by atoms with Gasteiger partial charge in [-0.25, -0.2) is 14.5 Å². The molecule has 3 rings (SSSR count). The second-order valence-electron chi connectivity index (χ2n) is 9.06. The maximum absolute atomic E-state index is 12.3. The van der Waals surface area contributed by atoms with Crippen molar-refractivity contribution in [2.75, 3.05) is 13.6 Å². The monoisotopic (exact) mass is 459 g/mol. The lowest BCUT2D eigenvalue weighted by Crippen LogP contribution is -2.31. The number of carbonyl (C=O) groups excluding carboxylic acids is 1. The van der Waals surface area contributed by atoms with Crippen LogP contribution in [0.3, 0.4) is 0 Å². The minimum Gasteiger partial charge on any atom is -0.489 e. The van der Waals surface area contributed by atoms with Gasteiger partial charge < -0.3 is 19.5 Å². The van der Waals surface area contributed by atoms with Gasteiger partial charge in [0, 0.05) is 20.6 Å². The average molecular weight is 460 g/mol. The first kappa shape index (κ1) is 24.5. The van der Waals surface area contributed by atoms with E-state index in [-0.39, 0.29) is 18.6 Å². The van der Waals surface area contributed by atoms with E-state index in [1.165, 1.54) is 0 Å². The molecule has 1 saturated carbocycles. The van der Waals surface area contributed by atoms with Crippen molar-refractivity contribution in [2.45, 2.75) is 59.2 Å². The van der Waals surface area contributed by atoms with Crippen LogP contribution in [-0.2, 0) is 23.2 Å². The molecule has 2 atom stereocenters. The van der Waals surface area contributed by atoms with Crippen molar-refractivity contribution in [3.05, 3.63) is 23.5 Å². The number of carboxylic acids is 1. The summed E-state index contributed by atoms with van der Waals surface area (Å²) in [4.78, 5) is 29.8. The summed E-state index contributed by atoms with van der Waals surface area (Å²) in [6.07, 6.45) is 2.31. The van der Waals surface area contributed by atoms with Gasteiger partial charge in [0.05, 0.1) is 23.4 Å². The zero-order valence-electron chi connectivity index (χ0n) is 19.9. The van der Waals surface area contributed by atoms with Crippen molar-refractivity contribution < 1.29 is 24.2 Å². The van der Waals surface area contributed by atoms with Gasteiger partial charge in [0.15, 0.2) is 0 Å². The molecule has 0 unspecified atom stereocenters. The number of carbonyl (C=O) groups is 2. The quantitative estimate of drug-likeness (QED) is 0.638. The first-order chi connectivity index (χ1) is 15.7. The molecule has 0 saturated heterocycles. The number of aliphatic carboxylic acids is 1. The predicted molar refractivity (Wildman–Crippen MR) is 121 cm³/mol. The Morgan fingerprint density at radius 2 is 2.06 bits per heavy atom. The van der Waals surface area contributed by atoms with Crippen LogP contribution in [0.15, 0.2) is 12.1 Å². The molecule has 180 valence electrons. The van der Waals surface area contributed by atoms with Crippen LogP contribution < -0.4 is 4.74 Å². The first-order valence-corrected chi connectivity index (χ1v) is 11.3. The molecule has 10 heteroatoms. The Balaban J connectivity index is 1.70. The van der Waals surface area contributed by atoms with E-state index in [0.717, 1.165) is 12.8 Å². The Labute approximate surface area is 193 Å². The number of ether oxygens (including phenoxy) is 2. The van der Waals surface area contributed by atoms with Gasteiger partial charge in [-0.2, -0.15) is 0 Å².